The Kier molecular flexibility index (Phi) is 10.2. The largest absolute Gasteiger partial charge is 0.488 e. The molecule has 1 N–H and O–H groups in total. The fourth-order valence-electron chi connectivity index (χ4n) is 6.44. The number of aryl methyl sites for hydroxylation is 1. The van der Waals surface area contributed by atoms with Crippen molar-refractivity contribution in [1.82, 2.24) is 15.2 Å². The number of unbranched alkanes of at least 4 members (excludes halogenated alkanes) is 3. The van der Waals surface area contributed by atoms with E-state index in [9.17, 15) is 4.79 Å². The first-order valence-electron chi connectivity index (χ1n) is 15.2. The van der Waals surface area contributed by atoms with Crippen molar-refractivity contribution in [2.75, 3.05) is 13.1 Å². The van der Waals surface area contributed by atoms with E-state index in [1.165, 1.54) is 55.9 Å². The fraction of sp³-hybridized carbons (Fsp3) is 0.688. The molecule has 0 radical (unpaired) electrons. The molecular formula is C32H49N3O2. The van der Waals surface area contributed by atoms with Crippen molar-refractivity contribution in [2.24, 2.45) is 5.92 Å². The zero-order chi connectivity index (χ0) is 26.1. The van der Waals surface area contributed by atoms with Gasteiger partial charge >= 0.3 is 0 Å². The summed E-state index contributed by atoms with van der Waals surface area (Å²) in [5, 5.41) is 4.70. The van der Waals surface area contributed by atoms with Crippen LogP contribution in [0.15, 0.2) is 30.5 Å². The molecular weight excluding hydrogens is 458 g/mol. The third kappa shape index (κ3) is 7.04. The van der Waals surface area contributed by atoms with Gasteiger partial charge in [-0.1, -0.05) is 65.4 Å². The second-order valence-corrected chi connectivity index (χ2v) is 11.3. The number of aromatic nitrogens is 1. The van der Waals surface area contributed by atoms with Gasteiger partial charge in [0.15, 0.2) is 0 Å². The lowest BCUT2D eigenvalue weighted by Gasteiger charge is -2.47. The number of carbonyl (C=O) groups excluding carboxylic acids is 1. The van der Waals surface area contributed by atoms with Gasteiger partial charge < -0.3 is 10.1 Å². The minimum absolute atomic E-state index is 0.178. The minimum Gasteiger partial charge on any atom is -0.488 e. The molecule has 2 aromatic rings. The third-order valence-electron chi connectivity index (χ3n) is 8.89. The highest BCUT2D eigenvalue weighted by Gasteiger charge is 2.39. The van der Waals surface area contributed by atoms with Crippen LogP contribution in [-0.4, -0.2) is 40.6 Å². The Morgan fingerprint density at radius 3 is 2.49 bits per heavy atom. The molecule has 0 bridgehead atoms. The van der Waals surface area contributed by atoms with Crippen LogP contribution in [0.4, 0.5) is 0 Å². The molecule has 1 aromatic carbocycles. The van der Waals surface area contributed by atoms with Crippen LogP contribution < -0.4 is 10.1 Å². The number of benzene rings is 1. The molecule has 4 rings (SSSR count). The number of likely N-dealkylation sites (tertiary alicyclic amines) is 1. The number of hydrogen-bond donors (Lipinski definition) is 1. The van der Waals surface area contributed by atoms with Crippen molar-refractivity contribution in [1.29, 1.82) is 0 Å². The summed E-state index contributed by atoms with van der Waals surface area (Å²) in [6, 6.07) is 8.69. The first kappa shape index (κ1) is 27.9. The molecule has 5 nitrogen and oxygen atoms in total. The molecule has 2 fully saturated rings. The molecule has 1 aliphatic heterocycles. The summed E-state index contributed by atoms with van der Waals surface area (Å²) in [6.07, 6.45) is 17.8. The van der Waals surface area contributed by atoms with E-state index in [0.717, 1.165) is 69.3 Å². The average molecular weight is 508 g/mol. The van der Waals surface area contributed by atoms with Crippen LogP contribution in [0.1, 0.15) is 110 Å². The number of amides is 1. The maximum absolute atomic E-state index is 13.2. The van der Waals surface area contributed by atoms with E-state index in [1.54, 1.807) is 0 Å². The lowest BCUT2D eigenvalue weighted by molar-refractivity contribution is -0.132. The Labute approximate surface area is 224 Å². The van der Waals surface area contributed by atoms with Crippen LogP contribution in [0.2, 0.25) is 0 Å². The van der Waals surface area contributed by atoms with E-state index in [-0.39, 0.29) is 23.6 Å². The summed E-state index contributed by atoms with van der Waals surface area (Å²) in [5.74, 6) is 1.40. The van der Waals surface area contributed by atoms with Crippen molar-refractivity contribution < 1.29 is 9.53 Å². The number of nitrogens with zero attached hydrogens (tertiary/aromatic N) is 2. The van der Waals surface area contributed by atoms with Gasteiger partial charge in [-0.05, 0) is 75.1 Å². The Morgan fingerprint density at radius 1 is 1.03 bits per heavy atom. The smallest absolute Gasteiger partial charge is 0.224 e. The van der Waals surface area contributed by atoms with E-state index in [0.29, 0.717) is 0 Å². The predicted molar refractivity (Wildman–Crippen MR) is 153 cm³/mol. The van der Waals surface area contributed by atoms with Gasteiger partial charge in [0.1, 0.15) is 17.4 Å². The molecule has 1 aromatic heterocycles. The predicted octanol–water partition coefficient (Wildman–Crippen LogP) is 7.41. The van der Waals surface area contributed by atoms with Crippen LogP contribution in [0, 0.1) is 5.92 Å². The summed E-state index contributed by atoms with van der Waals surface area (Å²) in [6.45, 7) is 8.58. The van der Waals surface area contributed by atoms with Crippen LogP contribution in [0.25, 0.3) is 10.9 Å². The molecule has 2 aliphatic rings. The highest BCUT2D eigenvalue weighted by atomic mass is 16.5. The molecule has 2 heterocycles. The maximum atomic E-state index is 13.2. The molecule has 5 heteroatoms. The lowest BCUT2D eigenvalue weighted by Crippen LogP contribution is -2.63. The highest BCUT2D eigenvalue weighted by molar-refractivity contribution is 5.85. The standard InChI is InChI=1S/C32H49N3O2/c1-4-7-8-10-14-25-23-27-17-13-20-33-30(27)29(24-25)37-28-18-21-35(22-19-28)32(5-2,6-3)34-31(36)26-15-11-9-12-16-26/h13,17,20,23-24,26,28H,4-12,14-16,18-19,21-22H2,1-3H3,(H,34,36). The van der Waals surface area contributed by atoms with Gasteiger partial charge in [-0.2, -0.15) is 0 Å². The van der Waals surface area contributed by atoms with E-state index >= 15 is 0 Å². The minimum atomic E-state index is -0.244. The molecule has 0 spiro atoms. The van der Waals surface area contributed by atoms with E-state index < -0.39 is 0 Å². The summed E-state index contributed by atoms with van der Waals surface area (Å²) >= 11 is 0. The summed E-state index contributed by atoms with van der Waals surface area (Å²) in [4.78, 5) is 20.4. The number of piperidine rings is 1. The second kappa shape index (κ2) is 13.6. The molecule has 37 heavy (non-hydrogen) atoms. The second-order valence-electron chi connectivity index (χ2n) is 11.3. The van der Waals surface area contributed by atoms with Gasteiger partial charge in [-0.25, -0.2) is 0 Å². The maximum Gasteiger partial charge on any atom is 0.224 e. The van der Waals surface area contributed by atoms with Gasteiger partial charge in [0.25, 0.3) is 0 Å². The van der Waals surface area contributed by atoms with Gasteiger partial charge in [-0.3, -0.25) is 14.7 Å². The first-order chi connectivity index (χ1) is 18.1. The number of ether oxygens (including phenoxy) is 1. The normalized spacial score (nSPS) is 18.2. The molecule has 0 unspecified atom stereocenters. The zero-order valence-corrected chi connectivity index (χ0v) is 23.6. The van der Waals surface area contributed by atoms with Gasteiger partial charge in [0.2, 0.25) is 5.91 Å². The summed E-state index contributed by atoms with van der Waals surface area (Å²) < 4.78 is 6.66. The number of fused-ring (bicyclic) bond motifs is 1. The molecule has 1 saturated heterocycles. The fourth-order valence-corrected chi connectivity index (χ4v) is 6.44. The number of carbonyl (C=O) groups is 1. The number of rotatable bonds is 12. The van der Waals surface area contributed by atoms with Crippen LogP contribution >= 0.6 is 0 Å². The monoisotopic (exact) mass is 507 g/mol. The van der Waals surface area contributed by atoms with Crippen LogP contribution in [0.3, 0.4) is 0 Å². The Bertz CT molecular complexity index is 989. The van der Waals surface area contributed by atoms with Gasteiger partial charge in [-0.15, -0.1) is 0 Å². The number of pyridine rings is 1. The first-order valence-corrected chi connectivity index (χ1v) is 15.2. The van der Waals surface area contributed by atoms with Crippen LogP contribution in [-0.2, 0) is 11.2 Å². The van der Waals surface area contributed by atoms with Crippen molar-refractivity contribution in [3.8, 4) is 5.75 Å². The lowest BCUT2D eigenvalue weighted by atomic mass is 9.87. The highest BCUT2D eigenvalue weighted by Crippen LogP contribution is 2.32. The van der Waals surface area contributed by atoms with E-state index in [4.69, 9.17) is 4.74 Å². The summed E-state index contributed by atoms with van der Waals surface area (Å²) in [7, 11) is 0. The Balaban J connectivity index is 1.40. The average Bonchev–Trinajstić information content (AvgIpc) is 2.95. The third-order valence-corrected chi connectivity index (χ3v) is 8.89. The number of hydrogen-bond acceptors (Lipinski definition) is 4. The Morgan fingerprint density at radius 2 is 1.78 bits per heavy atom. The van der Waals surface area contributed by atoms with E-state index in [1.807, 2.05) is 12.3 Å². The molecule has 1 aliphatic carbocycles. The van der Waals surface area contributed by atoms with E-state index in [2.05, 4.69) is 54.2 Å². The van der Waals surface area contributed by atoms with Gasteiger partial charge in [0, 0.05) is 30.6 Å². The number of nitrogens with one attached hydrogen (secondary N) is 1. The van der Waals surface area contributed by atoms with Crippen LogP contribution in [0.5, 0.6) is 5.75 Å². The molecule has 1 amide bonds. The molecule has 204 valence electrons. The van der Waals surface area contributed by atoms with Crippen molar-refractivity contribution in [3.05, 3.63) is 36.0 Å². The Hall–Kier alpha value is -2.14. The quantitative estimate of drug-likeness (QED) is 0.304. The van der Waals surface area contributed by atoms with Gasteiger partial charge in [0.05, 0.1) is 5.66 Å². The zero-order valence-electron chi connectivity index (χ0n) is 23.6. The topological polar surface area (TPSA) is 54.5 Å². The SMILES string of the molecule is CCCCCCc1cc(OC2CCN(C(CC)(CC)NC(=O)C3CCCCC3)CC2)c2ncccc2c1. The van der Waals surface area contributed by atoms with Crippen molar-refractivity contribution in [3.63, 3.8) is 0 Å². The molecule has 1 saturated carbocycles. The van der Waals surface area contributed by atoms with Crippen molar-refractivity contribution >= 4 is 16.8 Å². The molecule has 0 atom stereocenters. The van der Waals surface area contributed by atoms with Crippen molar-refractivity contribution in [2.45, 2.75) is 122 Å². The summed E-state index contributed by atoms with van der Waals surface area (Å²) in [5.41, 5.74) is 2.08.